The lowest BCUT2D eigenvalue weighted by atomic mass is 10.1. The van der Waals surface area contributed by atoms with E-state index < -0.39 is 0 Å². The third kappa shape index (κ3) is 4.51. The number of anilines is 2. The van der Waals surface area contributed by atoms with Gasteiger partial charge in [0.05, 0.1) is 5.69 Å². The van der Waals surface area contributed by atoms with Gasteiger partial charge < -0.3 is 10.6 Å². The Kier molecular flexibility index (Phi) is 6.07. The normalized spacial score (nSPS) is 10.6. The minimum Gasteiger partial charge on any atom is -0.324 e. The third-order valence-electron chi connectivity index (χ3n) is 5.02. The molecule has 0 fully saturated rings. The van der Waals surface area contributed by atoms with Crippen LogP contribution in [0.15, 0.2) is 42.5 Å². The molecular formula is C22H25N5O2. The van der Waals surface area contributed by atoms with E-state index in [0.717, 1.165) is 34.5 Å². The second-order valence-corrected chi connectivity index (χ2v) is 6.94. The molecule has 2 aromatic carbocycles. The van der Waals surface area contributed by atoms with Crippen molar-refractivity contribution in [1.82, 2.24) is 15.0 Å². The first kappa shape index (κ1) is 20.3. The highest BCUT2D eigenvalue weighted by atomic mass is 16.2. The molecule has 1 heterocycles. The molecule has 0 atom stereocenters. The number of amides is 2. The average Bonchev–Trinajstić information content (AvgIpc) is 3.06. The van der Waals surface area contributed by atoms with E-state index in [-0.39, 0.29) is 24.1 Å². The van der Waals surface area contributed by atoms with Crippen molar-refractivity contribution in [2.24, 2.45) is 0 Å². The van der Waals surface area contributed by atoms with Crippen LogP contribution in [0.25, 0.3) is 0 Å². The largest absolute Gasteiger partial charge is 0.324 e. The molecular weight excluding hydrogens is 366 g/mol. The SMILES string of the molecule is CCc1ccccc1NC(=O)Cn1nnc(C(=O)Nc2cccc(C)c2C)c1C. The van der Waals surface area contributed by atoms with E-state index in [4.69, 9.17) is 0 Å². The van der Waals surface area contributed by atoms with Gasteiger partial charge >= 0.3 is 0 Å². The summed E-state index contributed by atoms with van der Waals surface area (Å²) in [6.07, 6.45) is 0.821. The van der Waals surface area contributed by atoms with Crippen molar-refractivity contribution in [3.63, 3.8) is 0 Å². The van der Waals surface area contributed by atoms with E-state index in [9.17, 15) is 9.59 Å². The molecule has 7 nitrogen and oxygen atoms in total. The maximum atomic E-state index is 12.6. The van der Waals surface area contributed by atoms with Gasteiger partial charge in [-0.3, -0.25) is 9.59 Å². The Bertz CT molecular complexity index is 1060. The topological polar surface area (TPSA) is 88.9 Å². The Morgan fingerprint density at radius 1 is 0.966 bits per heavy atom. The highest BCUT2D eigenvalue weighted by Crippen LogP contribution is 2.19. The molecule has 29 heavy (non-hydrogen) atoms. The molecule has 0 saturated carbocycles. The molecule has 7 heteroatoms. The molecule has 2 amide bonds. The van der Waals surface area contributed by atoms with Crippen molar-refractivity contribution in [1.29, 1.82) is 0 Å². The van der Waals surface area contributed by atoms with Gasteiger partial charge in [0.15, 0.2) is 5.69 Å². The Morgan fingerprint density at radius 3 is 2.45 bits per heavy atom. The van der Waals surface area contributed by atoms with Gasteiger partial charge in [-0.2, -0.15) is 0 Å². The standard InChI is InChI=1S/C22H25N5O2/c1-5-17-10-6-7-11-19(17)23-20(28)13-27-16(4)21(25-26-27)22(29)24-18-12-8-9-14(2)15(18)3/h6-12H,5,13H2,1-4H3,(H,23,28)(H,24,29). The summed E-state index contributed by atoms with van der Waals surface area (Å²) in [6.45, 7) is 7.68. The monoisotopic (exact) mass is 391 g/mol. The third-order valence-corrected chi connectivity index (χ3v) is 5.02. The van der Waals surface area contributed by atoms with Crippen molar-refractivity contribution in [2.75, 3.05) is 10.6 Å². The smallest absolute Gasteiger partial charge is 0.278 e. The van der Waals surface area contributed by atoms with Gasteiger partial charge in [0, 0.05) is 11.4 Å². The summed E-state index contributed by atoms with van der Waals surface area (Å²) < 4.78 is 1.43. The maximum absolute atomic E-state index is 12.6. The first-order valence-corrected chi connectivity index (χ1v) is 9.56. The van der Waals surface area contributed by atoms with Gasteiger partial charge in [-0.25, -0.2) is 4.68 Å². The van der Waals surface area contributed by atoms with Crippen LogP contribution in [-0.4, -0.2) is 26.8 Å². The predicted molar refractivity (Wildman–Crippen MR) is 113 cm³/mol. The number of benzene rings is 2. The van der Waals surface area contributed by atoms with Gasteiger partial charge in [-0.15, -0.1) is 5.10 Å². The molecule has 0 spiro atoms. The minimum atomic E-state index is -0.348. The number of rotatable bonds is 6. The fourth-order valence-corrected chi connectivity index (χ4v) is 3.06. The predicted octanol–water partition coefficient (Wildman–Crippen LogP) is 3.66. The first-order chi connectivity index (χ1) is 13.9. The van der Waals surface area contributed by atoms with E-state index in [1.807, 2.05) is 63.2 Å². The molecule has 3 rings (SSSR count). The van der Waals surface area contributed by atoms with Gasteiger partial charge in [-0.05, 0) is 56.0 Å². The van der Waals surface area contributed by atoms with Crippen LogP contribution in [0.4, 0.5) is 11.4 Å². The lowest BCUT2D eigenvalue weighted by molar-refractivity contribution is -0.117. The number of carbonyl (C=O) groups is 2. The highest BCUT2D eigenvalue weighted by Gasteiger charge is 2.19. The number of hydrogen-bond acceptors (Lipinski definition) is 4. The fraction of sp³-hybridized carbons (Fsp3) is 0.273. The summed E-state index contributed by atoms with van der Waals surface area (Å²) in [5, 5.41) is 13.7. The summed E-state index contributed by atoms with van der Waals surface area (Å²) in [5.41, 5.74) is 5.40. The molecule has 0 unspecified atom stereocenters. The quantitative estimate of drug-likeness (QED) is 0.671. The van der Waals surface area contributed by atoms with E-state index in [1.54, 1.807) is 6.92 Å². The molecule has 0 aliphatic heterocycles. The summed E-state index contributed by atoms with van der Waals surface area (Å²) in [4.78, 5) is 25.1. The zero-order chi connectivity index (χ0) is 21.0. The molecule has 0 bridgehead atoms. The summed E-state index contributed by atoms with van der Waals surface area (Å²) in [7, 11) is 0. The summed E-state index contributed by atoms with van der Waals surface area (Å²) in [5.74, 6) is -0.570. The Hall–Kier alpha value is -3.48. The number of para-hydroxylation sites is 1. The summed E-state index contributed by atoms with van der Waals surface area (Å²) in [6, 6.07) is 13.4. The van der Waals surface area contributed by atoms with Gasteiger partial charge in [0.1, 0.15) is 6.54 Å². The molecule has 0 aliphatic carbocycles. The van der Waals surface area contributed by atoms with Crippen LogP contribution in [0.3, 0.4) is 0 Å². The Balaban J connectivity index is 1.71. The van der Waals surface area contributed by atoms with Crippen molar-refractivity contribution in [3.05, 3.63) is 70.5 Å². The lowest BCUT2D eigenvalue weighted by Crippen LogP contribution is -2.21. The van der Waals surface area contributed by atoms with Crippen molar-refractivity contribution >= 4 is 23.2 Å². The van der Waals surface area contributed by atoms with Crippen LogP contribution < -0.4 is 10.6 Å². The van der Waals surface area contributed by atoms with E-state index >= 15 is 0 Å². The number of nitrogens with zero attached hydrogens (tertiary/aromatic N) is 3. The molecule has 3 aromatic rings. The molecule has 2 N–H and O–H groups in total. The van der Waals surface area contributed by atoms with Crippen molar-refractivity contribution in [2.45, 2.75) is 40.7 Å². The van der Waals surface area contributed by atoms with Crippen LogP contribution in [0, 0.1) is 20.8 Å². The second kappa shape index (κ2) is 8.68. The number of nitrogens with one attached hydrogen (secondary N) is 2. The molecule has 0 radical (unpaired) electrons. The van der Waals surface area contributed by atoms with Crippen LogP contribution in [-0.2, 0) is 17.8 Å². The molecule has 1 aromatic heterocycles. The van der Waals surface area contributed by atoms with Gasteiger partial charge in [-0.1, -0.05) is 42.5 Å². The van der Waals surface area contributed by atoms with Gasteiger partial charge in [0.25, 0.3) is 5.91 Å². The lowest BCUT2D eigenvalue weighted by Gasteiger charge is -2.10. The maximum Gasteiger partial charge on any atom is 0.278 e. The Labute approximate surface area is 170 Å². The van der Waals surface area contributed by atoms with Gasteiger partial charge in [0.2, 0.25) is 5.91 Å². The number of aromatic nitrogens is 3. The molecule has 150 valence electrons. The zero-order valence-corrected chi connectivity index (χ0v) is 17.1. The van der Waals surface area contributed by atoms with E-state index in [2.05, 4.69) is 20.9 Å². The van der Waals surface area contributed by atoms with Crippen LogP contribution in [0.5, 0.6) is 0 Å². The zero-order valence-electron chi connectivity index (χ0n) is 17.1. The first-order valence-electron chi connectivity index (χ1n) is 9.56. The fourth-order valence-electron chi connectivity index (χ4n) is 3.06. The molecule has 0 saturated heterocycles. The second-order valence-electron chi connectivity index (χ2n) is 6.94. The number of hydrogen-bond donors (Lipinski definition) is 2. The van der Waals surface area contributed by atoms with E-state index in [0.29, 0.717) is 5.69 Å². The van der Waals surface area contributed by atoms with Crippen molar-refractivity contribution in [3.8, 4) is 0 Å². The average molecular weight is 391 g/mol. The van der Waals surface area contributed by atoms with Crippen molar-refractivity contribution < 1.29 is 9.59 Å². The van der Waals surface area contributed by atoms with Crippen LogP contribution in [0.1, 0.15) is 39.8 Å². The highest BCUT2D eigenvalue weighted by molar-refractivity contribution is 6.04. The number of carbonyl (C=O) groups excluding carboxylic acids is 2. The van der Waals surface area contributed by atoms with Crippen LogP contribution >= 0.6 is 0 Å². The number of aryl methyl sites for hydroxylation is 2. The van der Waals surface area contributed by atoms with E-state index in [1.165, 1.54) is 4.68 Å². The van der Waals surface area contributed by atoms with Crippen LogP contribution in [0.2, 0.25) is 0 Å². The summed E-state index contributed by atoms with van der Waals surface area (Å²) >= 11 is 0. The Morgan fingerprint density at radius 2 is 1.69 bits per heavy atom. The minimum absolute atomic E-state index is 0.0202. The molecule has 0 aliphatic rings.